The van der Waals surface area contributed by atoms with Crippen LogP contribution in [0.15, 0.2) is 36.5 Å². The van der Waals surface area contributed by atoms with Crippen molar-refractivity contribution >= 4 is 34.8 Å². The van der Waals surface area contributed by atoms with E-state index in [4.69, 9.17) is 11.6 Å². The van der Waals surface area contributed by atoms with Crippen molar-refractivity contribution in [3.63, 3.8) is 0 Å². The highest BCUT2D eigenvalue weighted by Crippen LogP contribution is 2.30. The fourth-order valence-corrected chi connectivity index (χ4v) is 5.33. The second-order valence-corrected chi connectivity index (χ2v) is 10.0. The predicted octanol–water partition coefficient (Wildman–Crippen LogP) is 6.17. The Bertz CT molecular complexity index is 938. The van der Waals surface area contributed by atoms with E-state index in [9.17, 15) is 4.79 Å². The number of halogens is 1. The number of hydrogen-bond acceptors (Lipinski definition) is 4. The summed E-state index contributed by atoms with van der Waals surface area (Å²) in [7, 11) is 2.31. The Balaban J connectivity index is 1.33. The molecule has 2 amide bonds. The van der Waals surface area contributed by atoms with Crippen molar-refractivity contribution in [1.29, 1.82) is 0 Å². The lowest BCUT2D eigenvalue weighted by atomic mass is 9.91. The number of piperidine rings is 1. The van der Waals surface area contributed by atoms with Gasteiger partial charge in [0.05, 0.1) is 5.69 Å². The molecule has 0 atom stereocenters. The Kier molecular flexibility index (Phi) is 8.10. The molecule has 7 heteroatoms. The number of nitrogens with zero attached hydrogens (tertiary/aromatic N) is 3. The van der Waals surface area contributed by atoms with Gasteiger partial charge in [0.15, 0.2) is 5.82 Å². The number of aryl methyl sites for hydroxylation is 1. The molecule has 1 aliphatic heterocycles. The molecule has 2 heterocycles. The Morgan fingerprint density at radius 2 is 1.82 bits per heavy atom. The van der Waals surface area contributed by atoms with Crippen molar-refractivity contribution < 1.29 is 4.79 Å². The van der Waals surface area contributed by atoms with Crippen molar-refractivity contribution in [1.82, 2.24) is 9.88 Å². The zero-order chi connectivity index (χ0) is 23.2. The van der Waals surface area contributed by atoms with Gasteiger partial charge in [0.25, 0.3) is 0 Å². The first-order valence-electron chi connectivity index (χ1n) is 12.2. The first-order chi connectivity index (χ1) is 16.0. The van der Waals surface area contributed by atoms with E-state index in [0.717, 1.165) is 55.0 Å². The van der Waals surface area contributed by atoms with Crippen LogP contribution in [0.4, 0.5) is 22.0 Å². The third-order valence-corrected chi connectivity index (χ3v) is 7.38. The zero-order valence-electron chi connectivity index (χ0n) is 19.8. The highest BCUT2D eigenvalue weighted by molar-refractivity contribution is 6.31. The number of carbonyl (C=O) groups excluding carboxylic acids is 1. The summed E-state index contributed by atoms with van der Waals surface area (Å²) in [6, 6.07) is 9.71. The largest absolute Gasteiger partial charge is 0.355 e. The molecule has 1 aromatic heterocycles. The molecule has 0 bridgehead atoms. The number of benzene rings is 1. The topological polar surface area (TPSA) is 60.5 Å². The summed E-state index contributed by atoms with van der Waals surface area (Å²) >= 11 is 6.08. The first kappa shape index (κ1) is 23.8. The van der Waals surface area contributed by atoms with Gasteiger partial charge in [0.2, 0.25) is 0 Å². The van der Waals surface area contributed by atoms with Gasteiger partial charge in [0.1, 0.15) is 0 Å². The molecule has 33 heavy (non-hydrogen) atoms. The van der Waals surface area contributed by atoms with E-state index in [2.05, 4.69) is 32.5 Å². The van der Waals surface area contributed by atoms with Gasteiger partial charge in [0, 0.05) is 42.6 Å². The third-order valence-electron chi connectivity index (χ3n) is 7.14. The number of anilines is 3. The van der Waals surface area contributed by atoms with E-state index in [0.29, 0.717) is 10.7 Å². The molecule has 178 valence electrons. The van der Waals surface area contributed by atoms with E-state index in [1.807, 2.05) is 31.2 Å². The Morgan fingerprint density at radius 1 is 1.09 bits per heavy atom. The number of amides is 2. The van der Waals surface area contributed by atoms with Gasteiger partial charge in [-0.2, -0.15) is 0 Å². The highest BCUT2D eigenvalue weighted by Gasteiger charge is 2.26. The molecule has 2 fully saturated rings. The van der Waals surface area contributed by atoms with Crippen LogP contribution in [-0.2, 0) is 0 Å². The summed E-state index contributed by atoms with van der Waals surface area (Å²) in [5.41, 5.74) is 2.39. The van der Waals surface area contributed by atoms with Crippen LogP contribution in [0, 0.1) is 12.8 Å². The fourth-order valence-electron chi connectivity index (χ4n) is 5.16. The molecule has 2 aromatic rings. The smallest absolute Gasteiger partial charge is 0.323 e. The average molecular weight is 470 g/mol. The number of nitrogens with one attached hydrogen (secondary N) is 2. The molecule has 2 N–H and O–H groups in total. The van der Waals surface area contributed by atoms with Crippen LogP contribution in [0.1, 0.15) is 50.5 Å². The van der Waals surface area contributed by atoms with Gasteiger partial charge < -0.3 is 20.4 Å². The van der Waals surface area contributed by atoms with E-state index < -0.39 is 0 Å². The van der Waals surface area contributed by atoms with Gasteiger partial charge in [-0.15, -0.1) is 0 Å². The molecule has 0 radical (unpaired) electrons. The maximum absolute atomic E-state index is 12.7. The minimum absolute atomic E-state index is 0.293. The van der Waals surface area contributed by atoms with Gasteiger partial charge >= 0.3 is 6.03 Å². The van der Waals surface area contributed by atoms with E-state index >= 15 is 0 Å². The highest BCUT2D eigenvalue weighted by atomic mass is 35.5. The molecule has 1 saturated carbocycles. The Labute approximate surface area is 202 Å². The summed E-state index contributed by atoms with van der Waals surface area (Å²) in [5, 5.41) is 6.48. The number of pyridine rings is 1. The lowest BCUT2D eigenvalue weighted by molar-refractivity contribution is 0.156. The number of carbonyl (C=O) groups is 1. The number of hydrogen-bond donors (Lipinski definition) is 2. The maximum Gasteiger partial charge on any atom is 0.323 e. The van der Waals surface area contributed by atoms with E-state index in [-0.39, 0.29) is 6.03 Å². The first-order valence-corrected chi connectivity index (χ1v) is 12.6. The molecule has 4 rings (SSSR count). The fraction of sp³-hybridized carbons (Fsp3) is 0.538. The van der Waals surface area contributed by atoms with Crippen LogP contribution in [0.3, 0.4) is 0 Å². The van der Waals surface area contributed by atoms with Crippen LogP contribution in [0.2, 0.25) is 5.02 Å². The molecule has 0 spiro atoms. The van der Waals surface area contributed by atoms with Crippen LogP contribution < -0.4 is 15.5 Å². The predicted molar refractivity (Wildman–Crippen MR) is 138 cm³/mol. The van der Waals surface area contributed by atoms with Gasteiger partial charge in [-0.05, 0) is 75.4 Å². The van der Waals surface area contributed by atoms with Crippen molar-refractivity contribution in [2.75, 3.05) is 42.2 Å². The lowest BCUT2D eigenvalue weighted by Gasteiger charge is -2.38. The Morgan fingerprint density at radius 3 is 2.58 bits per heavy atom. The summed E-state index contributed by atoms with van der Waals surface area (Å²) in [4.78, 5) is 22.2. The summed E-state index contributed by atoms with van der Waals surface area (Å²) < 4.78 is 0. The molecule has 1 saturated heterocycles. The second-order valence-electron chi connectivity index (χ2n) is 9.57. The summed E-state index contributed by atoms with van der Waals surface area (Å²) in [5.74, 6) is 1.57. The van der Waals surface area contributed by atoms with Crippen LogP contribution in [-0.4, -0.2) is 48.6 Å². The zero-order valence-corrected chi connectivity index (χ0v) is 20.6. The molecule has 1 aromatic carbocycles. The monoisotopic (exact) mass is 469 g/mol. The second kappa shape index (κ2) is 11.2. The van der Waals surface area contributed by atoms with E-state index in [1.54, 1.807) is 12.3 Å². The molecule has 2 aliphatic rings. The summed E-state index contributed by atoms with van der Waals surface area (Å²) in [6.45, 7) is 5.05. The maximum atomic E-state index is 12.7. The normalized spacial score (nSPS) is 17.9. The lowest BCUT2D eigenvalue weighted by Crippen LogP contribution is -2.42. The standard InChI is InChI=1S/C26H36ClN5O/c1-19-10-11-21(27)17-24(19)30-26(33)29-23-9-6-14-28-25(23)32-15-12-20(13-16-32)18-31(2)22-7-4-3-5-8-22/h6,9-11,14,17,20,22H,3-5,7-8,12-13,15-16,18H2,1-2H3,(H2,29,30,33). The van der Waals surface area contributed by atoms with Crippen molar-refractivity contribution in [2.24, 2.45) is 5.92 Å². The van der Waals surface area contributed by atoms with Crippen molar-refractivity contribution in [3.05, 3.63) is 47.1 Å². The van der Waals surface area contributed by atoms with E-state index in [1.165, 1.54) is 38.6 Å². The number of rotatable bonds is 6. The van der Waals surface area contributed by atoms with Crippen LogP contribution in [0.5, 0.6) is 0 Å². The number of urea groups is 1. The van der Waals surface area contributed by atoms with Gasteiger partial charge in [-0.1, -0.05) is 36.9 Å². The van der Waals surface area contributed by atoms with Gasteiger partial charge in [-0.25, -0.2) is 9.78 Å². The Hall–Kier alpha value is -2.31. The quantitative estimate of drug-likeness (QED) is 0.531. The molecular formula is C26H36ClN5O. The van der Waals surface area contributed by atoms with Crippen LogP contribution in [0.25, 0.3) is 0 Å². The minimum Gasteiger partial charge on any atom is -0.355 e. The van der Waals surface area contributed by atoms with Crippen molar-refractivity contribution in [2.45, 2.75) is 57.9 Å². The molecule has 0 unspecified atom stereocenters. The average Bonchev–Trinajstić information content (AvgIpc) is 2.83. The molecular weight excluding hydrogens is 434 g/mol. The minimum atomic E-state index is -0.293. The molecule has 1 aliphatic carbocycles. The third kappa shape index (κ3) is 6.39. The number of aromatic nitrogens is 1. The van der Waals surface area contributed by atoms with Crippen molar-refractivity contribution in [3.8, 4) is 0 Å². The van der Waals surface area contributed by atoms with Crippen LogP contribution >= 0.6 is 11.6 Å². The van der Waals surface area contributed by atoms with Gasteiger partial charge in [-0.3, -0.25) is 0 Å². The molecule has 6 nitrogen and oxygen atoms in total. The SMILES string of the molecule is Cc1ccc(Cl)cc1NC(=O)Nc1cccnc1N1CCC(CN(C)C2CCCCC2)CC1. The summed E-state index contributed by atoms with van der Waals surface area (Å²) in [6.07, 6.45) is 11.0.